The van der Waals surface area contributed by atoms with E-state index in [-0.39, 0.29) is 0 Å². The molecule has 0 aromatic carbocycles. The first-order chi connectivity index (χ1) is 4.63. The van der Waals surface area contributed by atoms with Gasteiger partial charge < -0.3 is 5.73 Å². The molecule has 0 heterocycles. The molecule has 68 valence electrons. The van der Waals surface area contributed by atoms with Crippen molar-refractivity contribution in [1.29, 1.82) is 0 Å². The van der Waals surface area contributed by atoms with E-state index in [0.717, 1.165) is 0 Å². The minimum atomic E-state index is -4.98. The molecule has 0 saturated carbocycles. The van der Waals surface area contributed by atoms with Crippen molar-refractivity contribution in [3.8, 4) is 0 Å². The molecule has 0 aliphatic rings. The van der Waals surface area contributed by atoms with Crippen LogP contribution in [0.25, 0.3) is 0 Å². The van der Waals surface area contributed by atoms with Crippen LogP contribution in [0.2, 0.25) is 0 Å². The second kappa shape index (κ2) is 2.88. The summed E-state index contributed by atoms with van der Waals surface area (Å²) in [4.78, 5) is 0. The summed E-state index contributed by atoms with van der Waals surface area (Å²) in [7, 11) is 0. The van der Waals surface area contributed by atoms with E-state index < -0.39 is 24.8 Å². The fourth-order valence-electron chi connectivity index (χ4n) is 0.365. The molecule has 1 unspecified atom stereocenters. The fraction of sp³-hybridized carbons (Fsp3) is 1.00. The maximum atomic E-state index is 11.4. The topological polar surface area (TPSA) is 26.0 Å². The Bertz CT molecular complexity index is 124. The molecule has 1 nitrogen and oxygen atoms in total. The summed E-state index contributed by atoms with van der Waals surface area (Å²) >= 11 is 0. The lowest BCUT2D eigenvalue weighted by molar-refractivity contribution is -0.194. The van der Waals surface area contributed by atoms with E-state index in [0.29, 0.717) is 0 Å². The van der Waals surface area contributed by atoms with Crippen LogP contribution in [0.4, 0.5) is 26.3 Å². The highest BCUT2D eigenvalue weighted by Gasteiger charge is 2.44. The Morgan fingerprint density at radius 3 is 1.45 bits per heavy atom. The van der Waals surface area contributed by atoms with Gasteiger partial charge in [0, 0.05) is 0 Å². The van der Waals surface area contributed by atoms with Gasteiger partial charge in [-0.3, -0.25) is 0 Å². The molecular formula is C4H5F6N. The second-order valence-electron chi connectivity index (χ2n) is 1.97. The molecule has 0 bridgehead atoms. The molecule has 0 amide bonds. The summed E-state index contributed by atoms with van der Waals surface area (Å²) in [5.74, 6) is 0. The van der Waals surface area contributed by atoms with E-state index in [4.69, 9.17) is 0 Å². The standard InChI is InChI=1S/C4H5F6N/c5-3(6,7)1-2(11)4(8,9)10/h2H,1,11H2. The van der Waals surface area contributed by atoms with Crippen molar-refractivity contribution in [3.05, 3.63) is 0 Å². The van der Waals surface area contributed by atoms with Crippen LogP contribution in [0, 0.1) is 0 Å². The molecular weight excluding hydrogens is 176 g/mol. The molecule has 1 atom stereocenters. The predicted molar refractivity (Wildman–Crippen MR) is 24.7 cm³/mol. The first-order valence-electron chi connectivity index (χ1n) is 2.52. The number of hydrogen-bond donors (Lipinski definition) is 1. The smallest absolute Gasteiger partial charge is 0.320 e. The van der Waals surface area contributed by atoms with Gasteiger partial charge in [-0.05, 0) is 0 Å². The Hall–Kier alpha value is -0.460. The number of nitrogens with two attached hydrogens (primary N) is 1. The molecule has 7 heteroatoms. The van der Waals surface area contributed by atoms with E-state index in [2.05, 4.69) is 5.73 Å². The van der Waals surface area contributed by atoms with Crippen LogP contribution in [0.15, 0.2) is 0 Å². The van der Waals surface area contributed by atoms with Crippen molar-refractivity contribution in [1.82, 2.24) is 0 Å². The largest absolute Gasteiger partial charge is 0.403 e. The van der Waals surface area contributed by atoms with E-state index in [1.165, 1.54) is 0 Å². The predicted octanol–water partition coefficient (Wildman–Crippen LogP) is 1.83. The average Bonchev–Trinajstić information content (AvgIpc) is 1.56. The molecule has 0 aromatic rings. The minimum absolute atomic E-state index is 2.03. The molecule has 0 aliphatic heterocycles. The molecule has 0 saturated heterocycles. The molecule has 0 fully saturated rings. The second-order valence-corrected chi connectivity index (χ2v) is 1.97. The highest BCUT2D eigenvalue weighted by atomic mass is 19.4. The van der Waals surface area contributed by atoms with Gasteiger partial charge in [-0.15, -0.1) is 0 Å². The average molecular weight is 181 g/mol. The summed E-state index contributed by atoms with van der Waals surface area (Å²) in [6, 6.07) is -2.82. The van der Waals surface area contributed by atoms with Gasteiger partial charge in [-0.25, -0.2) is 0 Å². The molecule has 0 radical (unpaired) electrons. The van der Waals surface area contributed by atoms with Gasteiger partial charge in [-0.2, -0.15) is 26.3 Å². The monoisotopic (exact) mass is 181 g/mol. The Morgan fingerprint density at radius 2 is 1.36 bits per heavy atom. The molecule has 0 aromatic heterocycles. The lowest BCUT2D eigenvalue weighted by Gasteiger charge is -2.16. The number of rotatable bonds is 1. The van der Waals surface area contributed by atoms with Crippen LogP contribution in [-0.2, 0) is 0 Å². The molecule has 2 N–H and O–H groups in total. The number of hydrogen-bond acceptors (Lipinski definition) is 1. The molecule has 11 heavy (non-hydrogen) atoms. The quantitative estimate of drug-likeness (QED) is 0.613. The fourth-order valence-corrected chi connectivity index (χ4v) is 0.365. The Balaban J connectivity index is 3.99. The SMILES string of the molecule is NC(CC(F)(F)F)C(F)(F)F. The normalized spacial score (nSPS) is 16.6. The summed E-state index contributed by atoms with van der Waals surface area (Å²) in [5, 5.41) is 0. The number of alkyl halides is 6. The lowest BCUT2D eigenvalue weighted by atomic mass is 10.2. The zero-order chi connectivity index (χ0) is 9.28. The molecule has 0 aliphatic carbocycles. The maximum absolute atomic E-state index is 11.4. The summed E-state index contributed by atoms with van der Waals surface area (Å²) in [5.41, 5.74) is 4.19. The van der Waals surface area contributed by atoms with Crippen LogP contribution < -0.4 is 5.73 Å². The van der Waals surface area contributed by atoms with Crippen LogP contribution in [0.3, 0.4) is 0 Å². The molecule has 0 rings (SSSR count). The first-order valence-corrected chi connectivity index (χ1v) is 2.52. The van der Waals surface area contributed by atoms with Crippen LogP contribution in [0.1, 0.15) is 6.42 Å². The van der Waals surface area contributed by atoms with E-state index >= 15 is 0 Å². The first kappa shape index (κ1) is 10.5. The van der Waals surface area contributed by atoms with Gasteiger partial charge in [0.25, 0.3) is 0 Å². The van der Waals surface area contributed by atoms with Crippen LogP contribution >= 0.6 is 0 Å². The van der Waals surface area contributed by atoms with E-state index in [1.54, 1.807) is 0 Å². The van der Waals surface area contributed by atoms with Gasteiger partial charge in [0.15, 0.2) is 0 Å². The van der Waals surface area contributed by atoms with Gasteiger partial charge in [0.2, 0.25) is 0 Å². The van der Waals surface area contributed by atoms with Crippen LogP contribution in [0.5, 0.6) is 0 Å². The van der Waals surface area contributed by atoms with E-state index in [9.17, 15) is 26.3 Å². The van der Waals surface area contributed by atoms with Gasteiger partial charge >= 0.3 is 12.4 Å². The highest BCUT2D eigenvalue weighted by Crippen LogP contribution is 2.28. The third kappa shape index (κ3) is 4.88. The van der Waals surface area contributed by atoms with Crippen molar-refractivity contribution in [2.75, 3.05) is 0 Å². The maximum Gasteiger partial charge on any atom is 0.403 e. The summed E-state index contributed by atoms with van der Waals surface area (Å²) < 4.78 is 67.8. The van der Waals surface area contributed by atoms with Crippen molar-refractivity contribution in [2.45, 2.75) is 24.8 Å². The Kier molecular flexibility index (Phi) is 2.76. The van der Waals surface area contributed by atoms with Crippen molar-refractivity contribution in [2.24, 2.45) is 5.73 Å². The third-order valence-corrected chi connectivity index (χ3v) is 0.872. The van der Waals surface area contributed by atoms with Crippen molar-refractivity contribution < 1.29 is 26.3 Å². The molecule has 0 spiro atoms. The van der Waals surface area contributed by atoms with Crippen molar-refractivity contribution in [3.63, 3.8) is 0 Å². The van der Waals surface area contributed by atoms with Gasteiger partial charge in [0.05, 0.1) is 6.42 Å². The number of halogens is 6. The van der Waals surface area contributed by atoms with Crippen molar-refractivity contribution >= 4 is 0 Å². The highest BCUT2D eigenvalue weighted by molar-refractivity contribution is 4.73. The van der Waals surface area contributed by atoms with Crippen LogP contribution in [-0.4, -0.2) is 18.4 Å². The Labute approximate surface area is 58.2 Å². The van der Waals surface area contributed by atoms with E-state index in [1.807, 2.05) is 0 Å². The zero-order valence-electron chi connectivity index (χ0n) is 5.13. The zero-order valence-corrected chi connectivity index (χ0v) is 5.13. The van der Waals surface area contributed by atoms with Gasteiger partial charge in [-0.1, -0.05) is 0 Å². The lowest BCUT2D eigenvalue weighted by Crippen LogP contribution is -2.40. The minimum Gasteiger partial charge on any atom is -0.320 e. The van der Waals surface area contributed by atoms with Gasteiger partial charge in [0.1, 0.15) is 6.04 Å². The summed E-state index contributed by atoms with van der Waals surface area (Å²) in [6.45, 7) is 0. The Morgan fingerprint density at radius 1 is 1.00 bits per heavy atom. The summed E-state index contributed by atoms with van der Waals surface area (Å²) in [6.07, 6.45) is -11.9. The third-order valence-electron chi connectivity index (χ3n) is 0.872.